The second-order valence-electron chi connectivity index (χ2n) is 9.46. The van der Waals surface area contributed by atoms with E-state index in [1.807, 2.05) is 0 Å². The Bertz CT molecular complexity index is 292. The summed E-state index contributed by atoms with van der Waals surface area (Å²) < 4.78 is 0. The molecule has 0 spiro atoms. The summed E-state index contributed by atoms with van der Waals surface area (Å²) in [7, 11) is 0. The van der Waals surface area contributed by atoms with E-state index in [0.29, 0.717) is 0 Å². The maximum Gasteiger partial charge on any atom is -0.0246 e. The largest absolute Gasteiger partial charge is 0.0654 e. The predicted octanol–water partition coefficient (Wildman–Crippen LogP) is 8.79. The molecule has 1 aliphatic rings. The lowest BCUT2D eigenvalue weighted by Crippen LogP contribution is -2.12. The fourth-order valence-corrected chi connectivity index (χ4v) is 4.86. The predicted molar refractivity (Wildman–Crippen MR) is 111 cm³/mol. The van der Waals surface area contributed by atoms with Crippen molar-refractivity contribution in [1.82, 2.24) is 0 Å². The lowest BCUT2D eigenvalue weighted by atomic mass is 9.83. The SMILES string of the molecule is CCCCCCCCCCCCC(C)CCCC1(C(C)C)CC1C. The Balaban J connectivity index is 1.87. The van der Waals surface area contributed by atoms with E-state index >= 15 is 0 Å². The first-order valence-corrected chi connectivity index (χ1v) is 11.5. The molecule has 1 rings (SSSR count). The molecule has 0 saturated heterocycles. The van der Waals surface area contributed by atoms with Crippen LogP contribution in [0.3, 0.4) is 0 Å². The maximum atomic E-state index is 2.49. The third-order valence-electron chi connectivity index (χ3n) is 7.05. The van der Waals surface area contributed by atoms with Gasteiger partial charge in [0.2, 0.25) is 0 Å². The topological polar surface area (TPSA) is 0 Å². The summed E-state index contributed by atoms with van der Waals surface area (Å²) in [6.45, 7) is 12.1. The molecule has 0 amide bonds. The van der Waals surface area contributed by atoms with Crippen molar-refractivity contribution in [2.24, 2.45) is 23.2 Å². The van der Waals surface area contributed by atoms with Crippen LogP contribution in [0.25, 0.3) is 0 Å². The van der Waals surface area contributed by atoms with Gasteiger partial charge in [0.15, 0.2) is 0 Å². The molecular weight excluding hydrogens is 288 g/mol. The number of hydrogen-bond donors (Lipinski definition) is 0. The van der Waals surface area contributed by atoms with Crippen LogP contribution in [0.2, 0.25) is 0 Å². The minimum absolute atomic E-state index is 0.733. The van der Waals surface area contributed by atoms with Crippen molar-refractivity contribution in [3.63, 3.8) is 0 Å². The molecular formula is C24H48. The van der Waals surface area contributed by atoms with Gasteiger partial charge in [0, 0.05) is 0 Å². The highest BCUT2D eigenvalue weighted by Gasteiger charge is 2.51. The molecule has 3 unspecified atom stereocenters. The van der Waals surface area contributed by atoms with Crippen molar-refractivity contribution in [3.05, 3.63) is 0 Å². The lowest BCUT2D eigenvalue weighted by Gasteiger charge is -2.22. The monoisotopic (exact) mass is 336 g/mol. The van der Waals surface area contributed by atoms with E-state index in [9.17, 15) is 0 Å². The molecule has 0 bridgehead atoms. The zero-order valence-corrected chi connectivity index (χ0v) is 17.8. The second-order valence-corrected chi connectivity index (χ2v) is 9.46. The molecule has 3 atom stereocenters. The van der Waals surface area contributed by atoms with Crippen molar-refractivity contribution in [2.45, 2.75) is 131 Å². The van der Waals surface area contributed by atoms with Gasteiger partial charge in [0.25, 0.3) is 0 Å². The third-order valence-corrected chi connectivity index (χ3v) is 7.05. The van der Waals surface area contributed by atoms with Crippen molar-refractivity contribution >= 4 is 0 Å². The highest BCUT2D eigenvalue weighted by atomic mass is 14.6. The van der Waals surface area contributed by atoms with Crippen LogP contribution in [0.15, 0.2) is 0 Å². The first-order valence-electron chi connectivity index (χ1n) is 11.5. The quantitative estimate of drug-likeness (QED) is 0.247. The Kier molecular flexibility index (Phi) is 11.4. The summed E-state index contributed by atoms with van der Waals surface area (Å²) in [5.74, 6) is 2.84. The standard InChI is InChI=1S/C24H48/c1-6-7-8-9-10-11-12-13-14-15-17-22(4)18-16-19-24(21(2)3)20-23(24)5/h21-23H,6-20H2,1-5H3. The van der Waals surface area contributed by atoms with Crippen LogP contribution < -0.4 is 0 Å². The Hall–Kier alpha value is 0. The molecule has 1 saturated carbocycles. The van der Waals surface area contributed by atoms with Crippen LogP contribution in [0.1, 0.15) is 131 Å². The average Bonchev–Trinajstić information content (AvgIpc) is 3.21. The zero-order chi connectivity index (χ0) is 17.8. The number of hydrogen-bond acceptors (Lipinski definition) is 0. The summed E-state index contributed by atoms with van der Waals surface area (Å²) >= 11 is 0. The van der Waals surface area contributed by atoms with Crippen molar-refractivity contribution < 1.29 is 0 Å². The maximum absolute atomic E-state index is 2.49. The van der Waals surface area contributed by atoms with E-state index in [2.05, 4.69) is 34.6 Å². The number of unbranched alkanes of at least 4 members (excludes halogenated alkanes) is 9. The van der Waals surface area contributed by atoms with Crippen molar-refractivity contribution in [2.75, 3.05) is 0 Å². The minimum Gasteiger partial charge on any atom is -0.0654 e. The zero-order valence-electron chi connectivity index (χ0n) is 17.8. The van der Waals surface area contributed by atoms with Gasteiger partial charge in [-0.1, -0.05) is 118 Å². The Morgan fingerprint density at radius 2 is 1.21 bits per heavy atom. The van der Waals surface area contributed by atoms with Crippen molar-refractivity contribution in [1.29, 1.82) is 0 Å². The molecule has 0 heterocycles. The van der Waals surface area contributed by atoms with Gasteiger partial charge in [-0.3, -0.25) is 0 Å². The van der Waals surface area contributed by atoms with Crippen LogP contribution >= 0.6 is 0 Å². The molecule has 1 fully saturated rings. The van der Waals surface area contributed by atoms with E-state index in [1.54, 1.807) is 0 Å². The molecule has 0 aromatic rings. The minimum atomic E-state index is 0.733. The summed E-state index contributed by atoms with van der Waals surface area (Å²) in [4.78, 5) is 0. The van der Waals surface area contributed by atoms with E-state index in [1.165, 1.54) is 96.3 Å². The molecule has 0 aromatic heterocycles. The highest BCUT2D eigenvalue weighted by molar-refractivity contribution is 5.01. The molecule has 144 valence electrons. The molecule has 0 N–H and O–H groups in total. The van der Waals surface area contributed by atoms with Gasteiger partial charge >= 0.3 is 0 Å². The van der Waals surface area contributed by atoms with Gasteiger partial charge < -0.3 is 0 Å². The molecule has 0 aromatic carbocycles. The summed E-state index contributed by atoms with van der Waals surface area (Å²) in [6.07, 6.45) is 22.0. The molecule has 0 heteroatoms. The molecule has 0 radical (unpaired) electrons. The van der Waals surface area contributed by atoms with Crippen LogP contribution in [-0.2, 0) is 0 Å². The average molecular weight is 337 g/mol. The van der Waals surface area contributed by atoms with Crippen LogP contribution in [0, 0.1) is 23.2 Å². The lowest BCUT2D eigenvalue weighted by molar-refractivity contribution is 0.285. The third kappa shape index (κ3) is 8.39. The van der Waals surface area contributed by atoms with Gasteiger partial charge in [0.1, 0.15) is 0 Å². The van der Waals surface area contributed by atoms with Crippen molar-refractivity contribution in [3.8, 4) is 0 Å². The van der Waals surface area contributed by atoms with E-state index in [0.717, 1.165) is 23.2 Å². The molecule has 0 aliphatic heterocycles. The highest BCUT2D eigenvalue weighted by Crippen LogP contribution is 2.60. The van der Waals surface area contributed by atoms with Crippen LogP contribution in [0.4, 0.5) is 0 Å². The van der Waals surface area contributed by atoms with E-state index in [4.69, 9.17) is 0 Å². The number of rotatable bonds is 16. The fraction of sp³-hybridized carbons (Fsp3) is 1.00. The first-order chi connectivity index (χ1) is 11.5. The summed E-state index contributed by atoms with van der Waals surface area (Å²) in [5, 5.41) is 0. The second kappa shape index (κ2) is 12.4. The van der Waals surface area contributed by atoms with Gasteiger partial charge in [-0.2, -0.15) is 0 Å². The molecule has 1 aliphatic carbocycles. The molecule has 0 nitrogen and oxygen atoms in total. The Labute approximate surface area is 154 Å². The Morgan fingerprint density at radius 1 is 0.750 bits per heavy atom. The smallest absolute Gasteiger partial charge is 0.0246 e. The summed E-state index contributed by atoms with van der Waals surface area (Å²) in [6, 6.07) is 0. The van der Waals surface area contributed by atoms with Gasteiger partial charge in [-0.25, -0.2) is 0 Å². The summed E-state index contributed by atoms with van der Waals surface area (Å²) in [5.41, 5.74) is 0.733. The van der Waals surface area contributed by atoms with E-state index in [-0.39, 0.29) is 0 Å². The van der Waals surface area contributed by atoms with Gasteiger partial charge in [-0.05, 0) is 36.0 Å². The van der Waals surface area contributed by atoms with Crippen LogP contribution in [-0.4, -0.2) is 0 Å². The fourth-order valence-electron chi connectivity index (χ4n) is 4.86. The van der Waals surface area contributed by atoms with Gasteiger partial charge in [-0.15, -0.1) is 0 Å². The van der Waals surface area contributed by atoms with Crippen LogP contribution in [0.5, 0.6) is 0 Å². The Morgan fingerprint density at radius 3 is 1.67 bits per heavy atom. The van der Waals surface area contributed by atoms with E-state index < -0.39 is 0 Å². The normalized spacial score (nSPS) is 24.5. The van der Waals surface area contributed by atoms with Gasteiger partial charge in [0.05, 0.1) is 0 Å². The first kappa shape index (κ1) is 22.0. The molecule has 24 heavy (non-hydrogen) atoms.